The minimum Gasteiger partial charge on any atom is -0.392 e. The van der Waals surface area contributed by atoms with Crippen molar-refractivity contribution in [2.45, 2.75) is 38.2 Å². The fourth-order valence-electron chi connectivity index (χ4n) is 4.21. The van der Waals surface area contributed by atoms with Gasteiger partial charge in [0.2, 0.25) is 11.8 Å². The van der Waals surface area contributed by atoms with Crippen molar-refractivity contribution in [1.82, 2.24) is 9.80 Å². The van der Waals surface area contributed by atoms with E-state index in [-0.39, 0.29) is 24.3 Å². The summed E-state index contributed by atoms with van der Waals surface area (Å²) >= 11 is 0. The number of benzene rings is 1. The van der Waals surface area contributed by atoms with Gasteiger partial charge in [-0.25, -0.2) is 0 Å². The summed E-state index contributed by atoms with van der Waals surface area (Å²) in [5, 5.41) is 9.53. The van der Waals surface area contributed by atoms with Crippen LogP contribution in [0.25, 0.3) is 0 Å². The Kier molecular flexibility index (Phi) is 6.27. The van der Waals surface area contributed by atoms with Crippen molar-refractivity contribution >= 4 is 11.8 Å². The quantitative estimate of drug-likeness (QED) is 0.824. The first-order valence-electron chi connectivity index (χ1n) is 9.56. The lowest BCUT2D eigenvalue weighted by molar-refractivity contribution is -0.136. The molecule has 6 heteroatoms. The van der Waals surface area contributed by atoms with Gasteiger partial charge in [0.25, 0.3) is 0 Å². The van der Waals surface area contributed by atoms with Crippen LogP contribution in [0.3, 0.4) is 0 Å². The number of nitrogens with two attached hydrogens (primary N) is 1. The lowest BCUT2D eigenvalue weighted by atomic mass is 9.86. The zero-order valence-electron chi connectivity index (χ0n) is 15.3. The number of primary amides is 1. The van der Waals surface area contributed by atoms with Gasteiger partial charge in [0.1, 0.15) is 0 Å². The third-order valence-corrected chi connectivity index (χ3v) is 5.79. The molecule has 2 aliphatic heterocycles. The molecule has 0 aliphatic carbocycles. The van der Waals surface area contributed by atoms with E-state index in [1.807, 2.05) is 18.2 Å². The van der Waals surface area contributed by atoms with E-state index in [4.69, 9.17) is 5.73 Å². The molecule has 6 nitrogen and oxygen atoms in total. The van der Waals surface area contributed by atoms with Gasteiger partial charge in [-0.1, -0.05) is 24.3 Å². The van der Waals surface area contributed by atoms with Gasteiger partial charge in [0.05, 0.1) is 19.1 Å². The monoisotopic (exact) mass is 359 g/mol. The maximum Gasteiger partial charge on any atom is 0.236 e. The van der Waals surface area contributed by atoms with Gasteiger partial charge >= 0.3 is 0 Å². The number of hydrogen-bond donors (Lipinski definition) is 2. The Morgan fingerprint density at radius 1 is 1.12 bits per heavy atom. The molecule has 142 valence electrons. The number of piperidine rings is 2. The van der Waals surface area contributed by atoms with Gasteiger partial charge in [-0.3, -0.25) is 14.5 Å². The summed E-state index contributed by atoms with van der Waals surface area (Å²) in [7, 11) is 0. The van der Waals surface area contributed by atoms with Crippen LogP contribution in [-0.4, -0.2) is 59.4 Å². The molecule has 0 bridgehead atoms. The first-order chi connectivity index (χ1) is 12.6. The van der Waals surface area contributed by atoms with Crippen molar-refractivity contribution in [1.29, 1.82) is 0 Å². The normalized spacial score (nSPS) is 22.3. The van der Waals surface area contributed by atoms with Gasteiger partial charge in [-0.05, 0) is 55.8 Å². The number of aliphatic hydroxyl groups excluding tert-OH is 1. The summed E-state index contributed by atoms with van der Waals surface area (Å²) in [5.74, 6) is 0.0448. The highest BCUT2D eigenvalue weighted by atomic mass is 16.3. The van der Waals surface area contributed by atoms with Crippen LogP contribution in [0.4, 0.5) is 0 Å². The lowest BCUT2D eigenvalue weighted by Gasteiger charge is -2.36. The van der Waals surface area contributed by atoms with Crippen molar-refractivity contribution in [2.75, 3.05) is 32.7 Å². The van der Waals surface area contributed by atoms with Crippen molar-refractivity contribution < 1.29 is 14.7 Å². The van der Waals surface area contributed by atoms with E-state index < -0.39 is 0 Å². The molecule has 1 atom stereocenters. The molecule has 1 aromatic carbocycles. The zero-order chi connectivity index (χ0) is 18.5. The molecule has 0 saturated carbocycles. The molecular formula is C20H29N3O3. The highest BCUT2D eigenvalue weighted by Crippen LogP contribution is 2.30. The van der Waals surface area contributed by atoms with E-state index in [0.29, 0.717) is 19.0 Å². The second kappa shape index (κ2) is 8.64. The Bertz CT molecular complexity index is 641. The Labute approximate surface area is 155 Å². The molecular weight excluding hydrogens is 330 g/mol. The Hall–Kier alpha value is -1.92. The molecule has 0 radical (unpaired) electrons. The third-order valence-electron chi connectivity index (χ3n) is 5.79. The number of carbonyl (C=O) groups is 2. The van der Waals surface area contributed by atoms with E-state index in [1.165, 1.54) is 5.56 Å². The summed E-state index contributed by atoms with van der Waals surface area (Å²) in [6.45, 7) is 3.44. The van der Waals surface area contributed by atoms with Crippen molar-refractivity contribution in [3.05, 3.63) is 35.4 Å². The molecule has 3 rings (SSSR count). The van der Waals surface area contributed by atoms with Gasteiger partial charge < -0.3 is 15.7 Å². The number of aliphatic hydroxyl groups is 1. The summed E-state index contributed by atoms with van der Waals surface area (Å²) in [6.07, 6.45) is 3.62. The standard InChI is InChI=1S/C20H29N3O3/c21-20(26)16-5-3-9-23(12-16)19(25)13-22-10-7-15(8-11-22)18-6-2-1-4-17(18)14-24/h1-2,4,6,15-16,24H,3,5,7-14H2,(H2,21,26). The van der Waals surface area contributed by atoms with Crippen LogP contribution in [-0.2, 0) is 16.2 Å². The molecule has 2 fully saturated rings. The maximum atomic E-state index is 12.6. The number of amides is 2. The van der Waals surface area contributed by atoms with Gasteiger partial charge in [-0.15, -0.1) is 0 Å². The highest BCUT2D eigenvalue weighted by Gasteiger charge is 2.29. The van der Waals surface area contributed by atoms with E-state index >= 15 is 0 Å². The SMILES string of the molecule is NC(=O)C1CCCN(C(=O)CN2CCC(c3ccccc3CO)CC2)C1. The number of nitrogens with zero attached hydrogens (tertiary/aromatic N) is 2. The van der Waals surface area contributed by atoms with Gasteiger partial charge in [0.15, 0.2) is 0 Å². The first-order valence-corrected chi connectivity index (χ1v) is 9.56. The second-order valence-corrected chi connectivity index (χ2v) is 7.49. The van der Waals surface area contributed by atoms with E-state index in [1.54, 1.807) is 4.90 Å². The van der Waals surface area contributed by atoms with Crippen LogP contribution in [0, 0.1) is 5.92 Å². The Morgan fingerprint density at radius 3 is 2.54 bits per heavy atom. The predicted octanol–water partition coefficient (Wildman–Crippen LogP) is 1.08. The van der Waals surface area contributed by atoms with Crippen molar-refractivity contribution in [3.63, 3.8) is 0 Å². The number of likely N-dealkylation sites (tertiary alicyclic amines) is 2. The topological polar surface area (TPSA) is 86.9 Å². The second-order valence-electron chi connectivity index (χ2n) is 7.49. The van der Waals surface area contributed by atoms with Gasteiger partial charge in [-0.2, -0.15) is 0 Å². The maximum absolute atomic E-state index is 12.6. The molecule has 2 aliphatic rings. The Morgan fingerprint density at radius 2 is 1.85 bits per heavy atom. The molecule has 2 heterocycles. The largest absolute Gasteiger partial charge is 0.392 e. The third kappa shape index (κ3) is 4.43. The minimum atomic E-state index is -0.300. The van der Waals surface area contributed by atoms with Crippen LogP contribution in [0.1, 0.15) is 42.7 Å². The molecule has 3 N–H and O–H groups in total. The smallest absolute Gasteiger partial charge is 0.236 e. The summed E-state index contributed by atoms with van der Waals surface area (Å²) in [6, 6.07) is 8.07. The fraction of sp³-hybridized carbons (Fsp3) is 0.600. The summed E-state index contributed by atoms with van der Waals surface area (Å²) < 4.78 is 0. The average Bonchev–Trinajstić information content (AvgIpc) is 2.68. The summed E-state index contributed by atoms with van der Waals surface area (Å²) in [5.41, 5.74) is 7.65. The number of hydrogen-bond acceptors (Lipinski definition) is 4. The Balaban J connectivity index is 1.51. The van der Waals surface area contributed by atoms with Gasteiger partial charge in [0, 0.05) is 13.1 Å². The summed E-state index contributed by atoms with van der Waals surface area (Å²) in [4.78, 5) is 28.0. The molecule has 0 spiro atoms. The van der Waals surface area contributed by atoms with Crippen LogP contribution in [0.15, 0.2) is 24.3 Å². The van der Waals surface area contributed by atoms with Crippen LogP contribution < -0.4 is 5.73 Å². The molecule has 26 heavy (non-hydrogen) atoms. The molecule has 2 amide bonds. The molecule has 1 unspecified atom stereocenters. The van der Waals surface area contributed by atoms with E-state index in [2.05, 4.69) is 11.0 Å². The number of carbonyl (C=O) groups excluding carboxylic acids is 2. The van der Waals surface area contributed by atoms with E-state index in [0.717, 1.165) is 50.9 Å². The van der Waals surface area contributed by atoms with Crippen LogP contribution in [0.5, 0.6) is 0 Å². The van der Waals surface area contributed by atoms with Crippen molar-refractivity contribution in [3.8, 4) is 0 Å². The lowest BCUT2D eigenvalue weighted by Crippen LogP contribution is -2.48. The first kappa shape index (κ1) is 18.9. The zero-order valence-corrected chi connectivity index (χ0v) is 15.3. The molecule has 1 aromatic rings. The highest BCUT2D eigenvalue weighted by molar-refractivity contribution is 5.81. The fourth-order valence-corrected chi connectivity index (χ4v) is 4.21. The molecule has 0 aromatic heterocycles. The molecule has 2 saturated heterocycles. The average molecular weight is 359 g/mol. The number of rotatable bonds is 5. The predicted molar refractivity (Wildman–Crippen MR) is 99.3 cm³/mol. The van der Waals surface area contributed by atoms with Crippen molar-refractivity contribution in [2.24, 2.45) is 11.7 Å². The van der Waals surface area contributed by atoms with Crippen LogP contribution in [0.2, 0.25) is 0 Å². The van der Waals surface area contributed by atoms with Crippen LogP contribution >= 0.6 is 0 Å². The van der Waals surface area contributed by atoms with E-state index in [9.17, 15) is 14.7 Å². The minimum absolute atomic E-state index is 0.0743.